The van der Waals surface area contributed by atoms with Crippen molar-refractivity contribution in [2.24, 2.45) is 0 Å². The van der Waals surface area contributed by atoms with Crippen LogP contribution in [0.15, 0.2) is 0 Å². The molecule has 3 rings (SSSR count). The van der Waals surface area contributed by atoms with E-state index in [0.29, 0.717) is 18.0 Å². The summed E-state index contributed by atoms with van der Waals surface area (Å²) in [5.41, 5.74) is 5.83. The Morgan fingerprint density at radius 1 is 1.00 bits per heavy atom. The number of rotatable bonds is 4. The van der Waals surface area contributed by atoms with Crippen molar-refractivity contribution in [3.63, 3.8) is 0 Å². The predicted molar refractivity (Wildman–Crippen MR) is 90.5 cm³/mol. The van der Waals surface area contributed by atoms with Crippen LogP contribution in [0.25, 0.3) is 0 Å². The lowest BCUT2D eigenvalue weighted by atomic mass is 10.1. The number of hydrogen-bond acceptors (Lipinski definition) is 7. The number of ether oxygens (including phenoxy) is 1. The molecule has 0 amide bonds. The summed E-state index contributed by atoms with van der Waals surface area (Å²) in [4.78, 5) is 15.1. The third-order valence-electron chi connectivity index (χ3n) is 4.76. The third kappa shape index (κ3) is 4.92. The fourth-order valence-electron chi connectivity index (χ4n) is 3.35. The second-order valence-corrected chi connectivity index (χ2v) is 6.75. The van der Waals surface area contributed by atoms with Gasteiger partial charge in [0.2, 0.25) is 11.9 Å². The molecule has 7 nitrogen and oxygen atoms in total. The average molecular weight is 320 g/mol. The molecule has 0 radical (unpaired) electrons. The Balaban J connectivity index is 1.61. The van der Waals surface area contributed by atoms with Crippen LogP contribution < -0.4 is 15.8 Å². The minimum Gasteiger partial charge on any atom is -0.460 e. The van der Waals surface area contributed by atoms with Gasteiger partial charge < -0.3 is 20.7 Å². The Bertz CT molecular complexity index is 495. The summed E-state index contributed by atoms with van der Waals surface area (Å²) in [6, 6.07) is 0.777. The van der Waals surface area contributed by atoms with E-state index in [1.54, 1.807) is 0 Å². The number of likely N-dealkylation sites (tertiary alicyclic amines) is 1. The van der Waals surface area contributed by atoms with Gasteiger partial charge in [-0.3, -0.25) is 0 Å². The molecular weight excluding hydrogens is 292 g/mol. The number of hydrogen-bond donors (Lipinski definition) is 2. The lowest BCUT2D eigenvalue weighted by molar-refractivity contribution is 0.105. The first-order valence-corrected chi connectivity index (χ1v) is 8.82. The van der Waals surface area contributed by atoms with Crippen LogP contribution in [-0.2, 0) is 0 Å². The lowest BCUT2D eigenvalue weighted by Gasteiger charge is -2.28. The van der Waals surface area contributed by atoms with Crippen molar-refractivity contribution in [1.82, 2.24) is 19.9 Å². The van der Waals surface area contributed by atoms with Crippen LogP contribution in [0.4, 0.5) is 11.9 Å². The van der Waals surface area contributed by atoms with Crippen molar-refractivity contribution in [1.29, 1.82) is 0 Å². The molecule has 2 aliphatic rings. The number of anilines is 2. The smallest absolute Gasteiger partial charge is 0.323 e. The minimum absolute atomic E-state index is 0.165. The van der Waals surface area contributed by atoms with Crippen molar-refractivity contribution in [3.05, 3.63) is 0 Å². The highest BCUT2D eigenvalue weighted by Gasteiger charge is 2.20. The summed E-state index contributed by atoms with van der Waals surface area (Å²) in [5.74, 6) is 0.770. The Morgan fingerprint density at radius 3 is 2.39 bits per heavy atom. The van der Waals surface area contributed by atoms with Crippen molar-refractivity contribution in [2.75, 3.05) is 31.2 Å². The van der Waals surface area contributed by atoms with Gasteiger partial charge in [0.25, 0.3) is 0 Å². The molecule has 0 spiro atoms. The maximum absolute atomic E-state index is 5.93. The van der Waals surface area contributed by atoms with Crippen LogP contribution in [0, 0.1) is 0 Å². The minimum atomic E-state index is 0.165. The van der Waals surface area contributed by atoms with Crippen LogP contribution in [0.2, 0.25) is 0 Å². The Kier molecular flexibility index (Phi) is 5.48. The highest BCUT2D eigenvalue weighted by atomic mass is 16.5. The molecule has 2 heterocycles. The van der Waals surface area contributed by atoms with E-state index >= 15 is 0 Å². The molecule has 128 valence electrons. The SMILES string of the molecule is CN1CCC(Oc2nc(N)nc(NC3CCCCCC3)n2)CC1. The number of piperidine rings is 1. The molecule has 0 aromatic carbocycles. The lowest BCUT2D eigenvalue weighted by Crippen LogP contribution is -2.36. The van der Waals surface area contributed by atoms with Crippen LogP contribution in [0.5, 0.6) is 6.01 Å². The van der Waals surface area contributed by atoms with E-state index in [1.807, 2.05) is 0 Å². The van der Waals surface area contributed by atoms with Gasteiger partial charge in [0.1, 0.15) is 6.10 Å². The van der Waals surface area contributed by atoms with Gasteiger partial charge in [0.15, 0.2) is 0 Å². The molecule has 0 atom stereocenters. The van der Waals surface area contributed by atoms with Gasteiger partial charge >= 0.3 is 6.01 Å². The average Bonchev–Trinajstić information content (AvgIpc) is 2.78. The standard InChI is InChI=1S/C16H28N6O/c1-22-10-8-13(9-11-22)23-16-20-14(17)19-15(21-16)18-12-6-4-2-3-5-7-12/h12-13H,2-11H2,1H3,(H3,17,18,19,20,21). The van der Waals surface area contributed by atoms with Crippen molar-refractivity contribution in [2.45, 2.75) is 63.5 Å². The predicted octanol–water partition coefficient (Wildman–Crippen LogP) is 2.06. The molecule has 0 unspecified atom stereocenters. The van der Waals surface area contributed by atoms with Crippen LogP contribution in [-0.4, -0.2) is 52.1 Å². The van der Waals surface area contributed by atoms with Crippen LogP contribution in [0.3, 0.4) is 0 Å². The molecule has 1 aliphatic carbocycles. The Labute approximate surface area is 138 Å². The zero-order valence-corrected chi connectivity index (χ0v) is 14.0. The Morgan fingerprint density at radius 2 is 1.70 bits per heavy atom. The zero-order chi connectivity index (χ0) is 16.1. The summed E-state index contributed by atoms with van der Waals surface area (Å²) < 4.78 is 5.93. The van der Waals surface area contributed by atoms with E-state index in [9.17, 15) is 0 Å². The van der Waals surface area contributed by atoms with Gasteiger partial charge in [-0.15, -0.1) is 0 Å². The van der Waals surface area contributed by atoms with Gasteiger partial charge in [-0.1, -0.05) is 25.7 Å². The van der Waals surface area contributed by atoms with Crippen LogP contribution in [0.1, 0.15) is 51.4 Å². The number of nitrogens with zero attached hydrogens (tertiary/aromatic N) is 4. The zero-order valence-electron chi connectivity index (χ0n) is 14.0. The van der Waals surface area contributed by atoms with Crippen molar-refractivity contribution < 1.29 is 4.74 Å². The maximum atomic E-state index is 5.93. The topological polar surface area (TPSA) is 89.2 Å². The number of nitrogens with one attached hydrogen (secondary N) is 1. The molecular formula is C16H28N6O. The fourth-order valence-corrected chi connectivity index (χ4v) is 3.35. The summed E-state index contributed by atoms with van der Waals surface area (Å²) in [5, 5.41) is 3.42. The largest absolute Gasteiger partial charge is 0.460 e. The molecule has 7 heteroatoms. The number of nitrogen functional groups attached to an aromatic ring is 1. The van der Waals surface area contributed by atoms with E-state index in [1.165, 1.54) is 25.7 Å². The van der Waals surface area contributed by atoms with E-state index in [0.717, 1.165) is 38.8 Å². The maximum Gasteiger partial charge on any atom is 0.323 e. The summed E-state index contributed by atoms with van der Waals surface area (Å²) in [6.45, 7) is 2.08. The van der Waals surface area contributed by atoms with E-state index in [4.69, 9.17) is 10.5 Å². The van der Waals surface area contributed by atoms with Crippen molar-refractivity contribution >= 4 is 11.9 Å². The summed E-state index contributed by atoms with van der Waals surface area (Å²) >= 11 is 0. The summed E-state index contributed by atoms with van der Waals surface area (Å²) in [7, 11) is 2.13. The molecule has 3 N–H and O–H groups in total. The normalized spacial score (nSPS) is 21.8. The molecule has 1 aromatic heterocycles. The fraction of sp³-hybridized carbons (Fsp3) is 0.812. The van der Waals surface area contributed by atoms with Crippen molar-refractivity contribution in [3.8, 4) is 6.01 Å². The number of nitrogens with two attached hydrogens (primary N) is 1. The first-order valence-electron chi connectivity index (χ1n) is 8.82. The molecule has 23 heavy (non-hydrogen) atoms. The van der Waals surface area contributed by atoms with E-state index in [2.05, 4.69) is 32.2 Å². The third-order valence-corrected chi connectivity index (χ3v) is 4.76. The van der Waals surface area contributed by atoms with E-state index < -0.39 is 0 Å². The molecule has 1 aromatic rings. The van der Waals surface area contributed by atoms with Gasteiger partial charge in [-0.25, -0.2) is 0 Å². The first-order chi connectivity index (χ1) is 11.2. The van der Waals surface area contributed by atoms with Gasteiger partial charge in [0, 0.05) is 19.1 Å². The monoisotopic (exact) mass is 320 g/mol. The molecule has 1 saturated carbocycles. The van der Waals surface area contributed by atoms with Crippen LogP contribution >= 0.6 is 0 Å². The first kappa shape index (κ1) is 16.2. The van der Waals surface area contributed by atoms with E-state index in [-0.39, 0.29) is 12.1 Å². The second-order valence-electron chi connectivity index (χ2n) is 6.75. The molecule has 2 fully saturated rings. The van der Waals surface area contributed by atoms with Gasteiger partial charge in [0.05, 0.1) is 0 Å². The highest BCUT2D eigenvalue weighted by molar-refractivity contribution is 5.33. The summed E-state index contributed by atoms with van der Waals surface area (Å²) in [6.07, 6.45) is 9.64. The van der Waals surface area contributed by atoms with Gasteiger partial charge in [-0.05, 0) is 32.7 Å². The number of aromatic nitrogens is 3. The second kappa shape index (κ2) is 7.77. The highest BCUT2D eigenvalue weighted by Crippen LogP contribution is 2.21. The molecule has 0 bridgehead atoms. The quantitative estimate of drug-likeness (QED) is 0.821. The molecule has 1 aliphatic heterocycles. The Hall–Kier alpha value is -1.63. The molecule has 1 saturated heterocycles. The van der Waals surface area contributed by atoms with Gasteiger partial charge in [-0.2, -0.15) is 15.0 Å².